The van der Waals surface area contributed by atoms with Crippen LogP contribution in [0.2, 0.25) is 0 Å². The highest BCUT2D eigenvalue weighted by molar-refractivity contribution is 4.82. The molecule has 6 nitrogen and oxygen atoms in total. The van der Waals surface area contributed by atoms with E-state index < -0.39 is 0 Å². The number of nitrogens with zero attached hydrogens (tertiary/aromatic N) is 3. The summed E-state index contributed by atoms with van der Waals surface area (Å²) < 4.78 is 10.7. The van der Waals surface area contributed by atoms with Gasteiger partial charge in [-0.25, -0.2) is 0 Å². The van der Waals surface area contributed by atoms with Crippen molar-refractivity contribution in [2.45, 2.75) is 26.5 Å². The Bertz CT molecular complexity index is 342. The minimum Gasteiger partial charge on any atom is -0.374 e. The van der Waals surface area contributed by atoms with E-state index in [-0.39, 0.29) is 6.10 Å². The molecule has 1 fully saturated rings. The summed E-state index contributed by atoms with van der Waals surface area (Å²) in [6.45, 7) is 9.35. The molecule has 0 radical (unpaired) electrons. The fourth-order valence-electron chi connectivity index (χ4n) is 1.94. The van der Waals surface area contributed by atoms with Crippen molar-refractivity contribution in [3.05, 3.63) is 11.7 Å². The quantitative estimate of drug-likeness (QED) is 0.792. The summed E-state index contributed by atoms with van der Waals surface area (Å²) in [5.41, 5.74) is 0. The monoisotopic (exact) mass is 240 g/mol. The maximum absolute atomic E-state index is 5.68. The Labute approximate surface area is 101 Å². The smallest absolute Gasteiger partial charge is 0.240 e. The summed E-state index contributed by atoms with van der Waals surface area (Å²) >= 11 is 0. The molecule has 1 aliphatic rings. The third kappa shape index (κ3) is 3.76. The van der Waals surface area contributed by atoms with E-state index in [1.54, 1.807) is 0 Å². The zero-order valence-corrected chi connectivity index (χ0v) is 10.5. The van der Waals surface area contributed by atoms with Crippen LogP contribution >= 0.6 is 0 Å². The molecular weight excluding hydrogens is 220 g/mol. The molecule has 1 aliphatic heterocycles. The summed E-state index contributed by atoms with van der Waals surface area (Å²) in [4.78, 5) is 6.53. The summed E-state index contributed by atoms with van der Waals surface area (Å²) in [5, 5.41) is 7.02. The van der Waals surface area contributed by atoms with Gasteiger partial charge in [0.25, 0.3) is 0 Å². The van der Waals surface area contributed by atoms with Gasteiger partial charge in [-0.1, -0.05) is 12.1 Å². The van der Waals surface area contributed by atoms with Gasteiger partial charge in [-0.3, -0.25) is 4.90 Å². The first-order valence-electron chi connectivity index (χ1n) is 6.11. The van der Waals surface area contributed by atoms with Crippen molar-refractivity contribution >= 4 is 0 Å². The van der Waals surface area contributed by atoms with Crippen molar-refractivity contribution in [3.63, 3.8) is 0 Å². The SMILES string of the molecule is CCN1CCOC(CNCc2nc(C)no2)C1. The summed E-state index contributed by atoms with van der Waals surface area (Å²) in [5.74, 6) is 1.30. The Morgan fingerprint density at radius 3 is 3.12 bits per heavy atom. The second kappa shape index (κ2) is 6.09. The highest BCUT2D eigenvalue weighted by Crippen LogP contribution is 2.04. The van der Waals surface area contributed by atoms with Gasteiger partial charge in [-0.15, -0.1) is 0 Å². The molecule has 0 saturated carbocycles. The molecule has 1 aromatic rings. The molecule has 1 unspecified atom stereocenters. The van der Waals surface area contributed by atoms with Crippen LogP contribution in [0.25, 0.3) is 0 Å². The van der Waals surface area contributed by atoms with Crippen LogP contribution in [0.3, 0.4) is 0 Å². The summed E-state index contributed by atoms with van der Waals surface area (Å²) in [6.07, 6.45) is 0.257. The van der Waals surface area contributed by atoms with Crippen molar-refractivity contribution in [2.75, 3.05) is 32.8 Å². The predicted octanol–water partition coefficient (Wildman–Crippen LogP) is 0.188. The number of likely N-dealkylation sites (N-methyl/N-ethyl adjacent to an activating group) is 1. The maximum atomic E-state index is 5.68. The molecule has 1 atom stereocenters. The molecular formula is C11H20N4O2. The zero-order valence-electron chi connectivity index (χ0n) is 10.5. The minimum atomic E-state index is 0.257. The molecule has 0 aromatic carbocycles. The van der Waals surface area contributed by atoms with Gasteiger partial charge in [-0.05, 0) is 13.5 Å². The van der Waals surface area contributed by atoms with Gasteiger partial charge in [0.2, 0.25) is 5.89 Å². The average Bonchev–Trinajstić information content (AvgIpc) is 2.75. The third-order valence-electron chi connectivity index (χ3n) is 2.89. The van der Waals surface area contributed by atoms with Crippen molar-refractivity contribution < 1.29 is 9.26 Å². The van der Waals surface area contributed by atoms with Crippen LogP contribution < -0.4 is 5.32 Å². The van der Waals surface area contributed by atoms with Crippen LogP contribution in [0.5, 0.6) is 0 Å². The van der Waals surface area contributed by atoms with E-state index in [1.807, 2.05) is 6.92 Å². The van der Waals surface area contributed by atoms with E-state index >= 15 is 0 Å². The van der Waals surface area contributed by atoms with Crippen LogP contribution in [0.1, 0.15) is 18.6 Å². The first-order chi connectivity index (χ1) is 8.28. The van der Waals surface area contributed by atoms with Gasteiger partial charge in [0, 0.05) is 19.6 Å². The van der Waals surface area contributed by atoms with E-state index in [0.717, 1.165) is 32.8 Å². The van der Waals surface area contributed by atoms with Crippen molar-refractivity contribution in [3.8, 4) is 0 Å². The van der Waals surface area contributed by atoms with E-state index in [0.29, 0.717) is 18.3 Å². The Hall–Kier alpha value is -0.980. The Balaban J connectivity index is 1.68. The van der Waals surface area contributed by atoms with Crippen molar-refractivity contribution in [1.82, 2.24) is 20.4 Å². The molecule has 6 heteroatoms. The third-order valence-corrected chi connectivity index (χ3v) is 2.89. The van der Waals surface area contributed by atoms with Crippen molar-refractivity contribution in [1.29, 1.82) is 0 Å². The largest absolute Gasteiger partial charge is 0.374 e. The highest BCUT2D eigenvalue weighted by Gasteiger charge is 2.18. The van der Waals surface area contributed by atoms with Crippen molar-refractivity contribution in [2.24, 2.45) is 0 Å². The molecule has 1 aromatic heterocycles. The number of aryl methyl sites for hydroxylation is 1. The molecule has 96 valence electrons. The molecule has 1 N–H and O–H groups in total. The lowest BCUT2D eigenvalue weighted by Gasteiger charge is -2.32. The fourth-order valence-corrected chi connectivity index (χ4v) is 1.94. The molecule has 2 heterocycles. The molecule has 0 spiro atoms. The van der Waals surface area contributed by atoms with Crippen LogP contribution in [-0.2, 0) is 11.3 Å². The molecule has 0 aliphatic carbocycles. The molecule has 2 rings (SSSR count). The van der Waals surface area contributed by atoms with Crippen LogP contribution in [0.15, 0.2) is 4.52 Å². The first kappa shape index (κ1) is 12.5. The zero-order chi connectivity index (χ0) is 12.1. The number of aromatic nitrogens is 2. The average molecular weight is 240 g/mol. The number of rotatable bonds is 5. The lowest BCUT2D eigenvalue weighted by molar-refractivity contribution is -0.0255. The lowest BCUT2D eigenvalue weighted by atomic mass is 10.2. The number of ether oxygens (including phenoxy) is 1. The van der Waals surface area contributed by atoms with Crippen LogP contribution in [0.4, 0.5) is 0 Å². The topological polar surface area (TPSA) is 63.4 Å². The number of hydrogen-bond donors (Lipinski definition) is 1. The Morgan fingerprint density at radius 1 is 1.53 bits per heavy atom. The van der Waals surface area contributed by atoms with Gasteiger partial charge in [0.05, 0.1) is 19.3 Å². The van der Waals surface area contributed by atoms with Gasteiger partial charge >= 0.3 is 0 Å². The number of nitrogens with one attached hydrogen (secondary N) is 1. The Morgan fingerprint density at radius 2 is 2.41 bits per heavy atom. The number of morpholine rings is 1. The maximum Gasteiger partial charge on any atom is 0.240 e. The van der Waals surface area contributed by atoms with Gasteiger partial charge < -0.3 is 14.6 Å². The second-order valence-corrected chi connectivity index (χ2v) is 4.25. The fraction of sp³-hybridized carbons (Fsp3) is 0.818. The van der Waals surface area contributed by atoms with Gasteiger partial charge in [-0.2, -0.15) is 4.98 Å². The van der Waals surface area contributed by atoms with E-state index in [9.17, 15) is 0 Å². The van der Waals surface area contributed by atoms with Crippen LogP contribution in [-0.4, -0.2) is 53.9 Å². The molecule has 1 saturated heterocycles. The minimum absolute atomic E-state index is 0.257. The predicted molar refractivity (Wildman–Crippen MR) is 62.6 cm³/mol. The molecule has 0 amide bonds. The van der Waals surface area contributed by atoms with Crippen LogP contribution in [0, 0.1) is 6.92 Å². The summed E-state index contributed by atoms with van der Waals surface area (Å²) in [6, 6.07) is 0. The van der Waals surface area contributed by atoms with Gasteiger partial charge in [0.1, 0.15) is 0 Å². The second-order valence-electron chi connectivity index (χ2n) is 4.25. The van der Waals surface area contributed by atoms with Gasteiger partial charge in [0.15, 0.2) is 5.82 Å². The summed E-state index contributed by atoms with van der Waals surface area (Å²) in [7, 11) is 0. The lowest BCUT2D eigenvalue weighted by Crippen LogP contribution is -2.46. The first-order valence-corrected chi connectivity index (χ1v) is 6.11. The normalized spacial score (nSPS) is 21.9. The number of hydrogen-bond acceptors (Lipinski definition) is 6. The van der Waals surface area contributed by atoms with E-state index in [2.05, 4.69) is 27.3 Å². The van der Waals surface area contributed by atoms with E-state index in [4.69, 9.17) is 9.26 Å². The standard InChI is InChI=1S/C11H20N4O2/c1-3-15-4-5-16-10(8-15)6-12-7-11-13-9(2)14-17-11/h10,12H,3-8H2,1-2H3. The van der Waals surface area contributed by atoms with E-state index in [1.165, 1.54) is 0 Å². The Kier molecular flexibility index (Phi) is 4.47. The molecule has 0 bridgehead atoms. The molecule has 17 heavy (non-hydrogen) atoms. The highest BCUT2D eigenvalue weighted by atomic mass is 16.5.